The number of anilines is 1. The molecule has 126 valence electrons. The number of rotatable bonds is 5. The van der Waals surface area contributed by atoms with Crippen LogP contribution >= 0.6 is 0 Å². The first kappa shape index (κ1) is 16.3. The molecule has 1 aromatic carbocycles. The van der Waals surface area contributed by atoms with Crippen molar-refractivity contribution in [3.63, 3.8) is 0 Å². The maximum absolute atomic E-state index is 12.8. The van der Waals surface area contributed by atoms with Crippen molar-refractivity contribution in [1.82, 2.24) is 14.9 Å². The molecule has 6 nitrogen and oxygen atoms in total. The first-order valence-electron chi connectivity index (χ1n) is 7.90. The van der Waals surface area contributed by atoms with E-state index >= 15 is 0 Å². The van der Waals surface area contributed by atoms with Crippen LogP contribution in [0.3, 0.4) is 0 Å². The van der Waals surface area contributed by atoms with Crippen molar-refractivity contribution in [3.8, 4) is 0 Å². The van der Waals surface area contributed by atoms with E-state index in [9.17, 15) is 9.18 Å². The second-order valence-corrected chi connectivity index (χ2v) is 5.50. The number of halogens is 1. The quantitative estimate of drug-likeness (QED) is 0.904. The van der Waals surface area contributed by atoms with E-state index in [1.54, 1.807) is 17.0 Å². The summed E-state index contributed by atoms with van der Waals surface area (Å²) in [4.78, 5) is 22.4. The summed E-state index contributed by atoms with van der Waals surface area (Å²) >= 11 is 0. The molecule has 2 heterocycles. The average molecular weight is 330 g/mol. The zero-order chi connectivity index (χ0) is 16.8. The number of morpholine rings is 1. The largest absolute Gasteiger partial charge is 0.378 e. The maximum atomic E-state index is 12.8. The van der Waals surface area contributed by atoms with Crippen LogP contribution in [0.25, 0.3) is 0 Å². The molecular formula is C17H19FN4O2. The Morgan fingerprint density at radius 3 is 2.50 bits per heavy atom. The number of nitrogens with zero attached hydrogens (tertiary/aromatic N) is 3. The summed E-state index contributed by atoms with van der Waals surface area (Å²) in [7, 11) is 0. The molecule has 0 aliphatic carbocycles. The van der Waals surface area contributed by atoms with Gasteiger partial charge in [0.1, 0.15) is 5.82 Å². The van der Waals surface area contributed by atoms with E-state index in [0.29, 0.717) is 44.4 Å². The smallest absolute Gasteiger partial charge is 0.257 e. The van der Waals surface area contributed by atoms with Gasteiger partial charge in [-0.15, -0.1) is 0 Å². The van der Waals surface area contributed by atoms with Crippen LogP contribution in [0.1, 0.15) is 15.9 Å². The molecule has 0 saturated carbocycles. The van der Waals surface area contributed by atoms with Crippen LogP contribution in [0, 0.1) is 5.82 Å². The molecule has 24 heavy (non-hydrogen) atoms. The maximum Gasteiger partial charge on any atom is 0.257 e. The molecule has 1 N–H and O–H groups in total. The third-order valence-electron chi connectivity index (χ3n) is 3.81. The Morgan fingerprint density at radius 1 is 1.17 bits per heavy atom. The van der Waals surface area contributed by atoms with Gasteiger partial charge in [-0.3, -0.25) is 4.79 Å². The van der Waals surface area contributed by atoms with Gasteiger partial charge in [-0.2, -0.15) is 0 Å². The first-order chi connectivity index (χ1) is 11.7. The Kier molecular flexibility index (Phi) is 5.32. The lowest BCUT2D eigenvalue weighted by Crippen LogP contribution is -2.40. The summed E-state index contributed by atoms with van der Waals surface area (Å²) in [5.74, 6) is 0.155. The Hall–Kier alpha value is -2.54. The Bertz CT molecular complexity index is 670. The van der Waals surface area contributed by atoms with Crippen LogP contribution in [-0.2, 0) is 11.2 Å². The summed E-state index contributed by atoms with van der Waals surface area (Å²) in [6.07, 6.45) is 3.80. The molecule has 1 aliphatic heterocycles. The standard InChI is InChI=1S/C17H19FN4O2/c18-15-3-1-13(2-4-15)5-6-19-17-20-11-14(12-21-17)16(23)22-7-9-24-10-8-22/h1-4,11-12H,5-10H2,(H,19,20,21). The molecule has 0 spiro atoms. The molecule has 1 aliphatic rings. The lowest BCUT2D eigenvalue weighted by atomic mass is 10.1. The predicted octanol–water partition coefficient (Wildman–Crippen LogP) is 1.74. The molecule has 1 fully saturated rings. The lowest BCUT2D eigenvalue weighted by molar-refractivity contribution is 0.0302. The van der Waals surface area contributed by atoms with Crippen molar-refractivity contribution in [2.75, 3.05) is 38.2 Å². The molecule has 1 saturated heterocycles. The topological polar surface area (TPSA) is 67.4 Å². The van der Waals surface area contributed by atoms with Gasteiger partial charge >= 0.3 is 0 Å². The van der Waals surface area contributed by atoms with Crippen LogP contribution in [0.5, 0.6) is 0 Å². The van der Waals surface area contributed by atoms with E-state index in [1.165, 1.54) is 24.5 Å². The second-order valence-electron chi connectivity index (χ2n) is 5.50. The van der Waals surface area contributed by atoms with E-state index < -0.39 is 0 Å². The minimum Gasteiger partial charge on any atom is -0.378 e. The molecule has 0 atom stereocenters. The number of carbonyl (C=O) groups excluding carboxylic acids is 1. The minimum atomic E-state index is -0.240. The van der Waals surface area contributed by atoms with E-state index in [4.69, 9.17) is 4.74 Å². The monoisotopic (exact) mass is 330 g/mol. The van der Waals surface area contributed by atoms with Crippen molar-refractivity contribution in [2.45, 2.75) is 6.42 Å². The highest BCUT2D eigenvalue weighted by molar-refractivity contribution is 5.93. The van der Waals surface area contributed by atoms with Crippen molar-refractivity contribution in [2.24, 2.45) is 0 Å². The van der Waals surface area contributed by atoms with E-state index in [2.05, 4.69) is 15.3 Å². The van der Waals surface area contributed by atoms with Crippen molar-refractivity contribution in [3.05, 3.63) is 53.6 Å². The molecule has 1 aromatic heterocycles. The zero-order valence-corrected chi connectivity index (χ0v) is 13.2. The van der Waals surface area contributed by atoms with Crippen LogP contribution in [0.4, 0.5) is 10.3 Å². The van der Waals surface area contributed by atoms with Gasteiger partial charge in [0.25, 0.3) is 5.91 Å². The number of nitrogens with one attached hydrogen (secondary N) is 1. The van der Waals surface area contributed by atoms with Gasteiger partial charge in [0.05, 0.1) is 18.8 Å². The summed E-state index contributed by atoms with van der Waals surface area (Å²) < 4.78 is 18.1. The van der Waals surface area contributed by atoms with Crippen LogP contribution in [0.2, 0.25) is 0 Å². The van der Waals surface area contributed by atoms with Gasteiger partial charge in [0.15, 0.2) is 0 Å². The molecule has 3 rings (SSSR count). The summed E-state index contributed by atoms with van der Waals surface area (Å²) in [5.41, 5.74) is 1.50. The number of aromatic nitrogens is 2. The number of amides is 1. The third kappa shape index (κ3) is 4.26. The average Bonchev–Trinajstić information content (AvgIpc) is 2.64. The van der Waals surface area contributed by atoms with Crippen LogP contribution in [-0.4, -0.2) is 53.6 Å². The minimum absolute atomic E-state index is 0.0730. The number of benzene rings is 1. The van der Waals surface area contributed by atoms with E-state index in [1.807, 2.05) is 0 Å². The van der Waals surface area contributed by atoms with Crippen molar-refractivity contribution < 1.29 is 13.9 Å². The Morgan fingerprint density at radius 2 is 1.83 bits per heavy atom. The van der Waals surface area contributed by atoms with E-state index in [-0.39, 0.29) is 11.7 Å². The van der Waals surface area contributed by atoms with Gasteiger partial charge in [-0.25, -0.2) is 14.4 Å². The zero-order valence-electron chi connectivity index (χ0n) is 13.2. The molecular weight excluding hydrogens is 311 g/mol. The Balaban J connectivity index is 1.50. The van der Waals surface area contributed by atoms with Crippen molar-refractivity contribution >= 4 is 11.9 Å². The molecule has 2 aromatic rings. The van der Waals surface area contributed by atoms with E-state index in [0.717, 1.165) is 12.0 Å². The molecule has 1 amide bonds. The highest BCUT2D eigenvalue weighted by Gasteiger charge is 2.18. The van der Waals surface area contributed by atoms with Gasteiger partial charge in [0, 0.05) is 32.0 Å². The summed E-state index contributed by atoms with van der Waals surface area (Å²) in [6.45, 7) is 2.95. The number of hydrogen-bond donors (Lipinski definition) is 1. The number of ether oxygens (including phenoxy) is 1. The lowest BCUT2D eigenvalue weighted by Gasteiger charge is -2.26. The van der Waals surface area contributed by atoms with Gasteiger partial charge < -0.3 is 15.0 Å². The van der Waals surface area contributed by atoms with Gasteiger partial charge in [-0.05, 0) is 24.1 Å². The Labute approximate surface area is 139 Å². The molecule has 7 heteroatoms. The van der Waals surface area contributed by atoms with Gasteiger partial charge in [-0.1, -0.05) is 12.1 Å². The summed E-state index contributed by atoms with van der Waals surface area (Å²) in [5, 5.41) is 3.09. The fourth-order valence-electron chi connectivity index (χ4n) is 2.45. The highest BCUT2D eigenvalue weighted by Crippen LogP contribution is 2.08. The normalized spacial score (nSPS) is 14.5. The third-order valence-corrected chi connectivity index (χ3v) is 3.81. The van der Waals surface area contributed by atoms with Gasteiger partial charge in [0.2, 0.25) is 5.95 Å². The summed E-state index contributed by atoms with van der Waals surface area (Å²) in [6, 6.07) is 6.39. The van der Waals surface area contributed by atoms with Crippen LogP contribution in [0.15, 0.2) is 36.7 Å². The molecule has 0 radical (unpaired) electrons. The SMILES string of the molecule is O=C(c1cnc(NCCc2ccc(F)cc2)nc1)N1CCOCC1. The first-order valence-corrected chi connectivity index (χ1v) is 7.90. The number of hydrogen-bond acceptors (Lipinski definition) is 5. The highest BCUT2D eigenvalue weighted by atomic mass is 19.1. The fourth-order valence-corrected chi connectivity index (χ4v) is 2.45. The predicted molar refractivity (Wildman–Crippen MR) is 87.3 cm³/mol. The second kappa shape index (κ2) is 7.83. The van der Waals surface area contributed by atoms with Crippen LogP contribution < -0.4 is 5.32 Å². The number of carbonyl (C=O) groups is 1. The molecule has 0 unspecified atom stereocenters. The fraction of sp³-hybridized carbons (Fsp3) is 0.353. The van der Waals surface area contributed by atoms with Crippen molar-refractivity contribution in [1.29, 1.82) is 0 Å². The molecule has 0 bridgehead atoms.